The lowest BCUT2D eigenvalue weighted by atomic mass is 10.2. The van der Waals surface area contributed by atoms with Gasteiger partial charge in [-0.3, -0.25) is 19.8 Å². The van der Waals surface area contributed by atoms with Crippen LogP contribution in [0.25, 0.3) is 20.3 Å². The van der Waals surface area contributed by atoms with E-state index in [9.17, 15) is 14.9 Å². The van der Waals surface area contributed by atoms with Gasteiger partial charge in [0, 0.05) is 47.7 Å². The van der Waals surface area contributed by atoms with Gasteiger partial charge in [0.15, 0.2) is 5.13 Å². The first-order chi connectivity index (χ1) is 16.0. The monoisotopic (exact) mass is 477 g/mol. The van der Waals surface area contributed by atoms with Gasteiger partial charge in [-0.2, -0.15) is 0 Å². The molecule has 0 saturated heterocycles. The normalized spacial score (nSPS) is 11.3. The van der Waals surface area contributed by atoms with Crippen molar-refractivity contribution in [2.75, 3.05) is 11.4 Å². The summed E-state index contributed by atoms with van der Waals surface area (Å²) in [6, 6.07) is 12.4. The Bertz CT molecular complexity index is 1470. The van der Waals surface area contributed by atoms with Gasteiger partial charge in [-0.25, -0.2) is 9.97 Å². The molecule has 3 heterocycles. The second-order valence-electron chi connectivity index (χ2n) is 7.67. The third-order valence-electron chi connectivity index (χ3n) is 5.29. The molecule has 0 fully saturated rings. The van der Waals surface area contributed by atoms with E-state index >= 15 is 0 Å². The van der Waals surface area contributed by atoms with Gasteiger partial charge < -0.3 is 4.57 Å². The second-order valence-corrected chi connectivity index (χ2v) is 9.76. The van der Waals surface area contributed by atoms with Crippen LogP contribution in [0, 0.1) is 17.0 Å². The summed E-state index contributed by atoms with van der Waals surface area (Å²) < 4.78 is 3.84. The number of carbonyl (C=O) groups is 1. The molecular weight excluding hydrogens is 458 g/mol. The van der Waals surface area contributed by atoms with Gasteiger partial charge in [-0.1, -0.05) is 17.4 Å². The van der Waals surface area contributed by atoms with Crippen molar-refractivity contribution in [3.05, 3.63) is 81.7 Å². The predicted molar refractivity (Wildman–Crippen MR) is 131 cm³/mol. The number of nitro benzene ring substituents is 1. The van der Waals surface area contributed by atoms with Crippen LogP contribution >= 0.6 is 22.7 Å². The molecular formula is C23H19N5O3S2. The minimum absolute atomic E-state index is 0.0121. The fraction of sp³-hybridized carbons (Fsp3) is 0.174. The summed E-state index contributed by atoms with van der Waals surface area (Å²) in [4.78, 5) is 35.4. The van der Waals surface area contributed by atoms with Gasteiger partial charge in [0.2, 0.25) is 0 Å². The molecule has 166 valence electrons. The molecule has 0 N–H and O–H groups in total. The molecule has 5 rings (SSSR count). The summed E-state index contributed by atoms with van der Waals surface area (Å²) in [5, 5.41) is 12.5. The lowest BCUT2D eigenvalue weighted by molar-refractivity contribution is -0.384. The van der Waals surface area contributed by atoms with E-state index in [-0.39, 0.29) is 11.6 Å². The Kier molecular flexibility index (Phi) is 5.61. The van der Waals surface area contributed by atoms with Gasteiger partial charge in [0.1, 0.15) is 0 Å². The zero-order chi connectivity index (χ0) is 22.9. The molecule has 33 heavy (non-hydrogen) atoms. The lowest BCUT2D eigenvalue weighted by Gasteiger charge is -2.19. The number of fused-ring (bicyclic) bond motifs is 2. The number of hydrogen-bond acceptors (Lipinski definition) is 7. The second kappa shape index (κ2) is 8.72. The van der Waals surface area contributed by atoms with Crippen LogP contribution in [0.4, 0.5) is 10.8 Å². The summed E-state index contributed by atoms with van der Waals surface area (Å²) >= 11 is 2.83. The van der Waals surface area contributed by atoms with Crippen molar-refractivity contribution in [1.29, 1.82) is 0 Å². The number of aryl methyl sites for hydroxylation is 2. The molecule has 0 aliphatic heterocycles. The van der Waals surface area contributed by atoms with E-state index in [1.54, 1.807) is 29.6 Å². The van der Waals surface area contributed by atoms with Gasteiger partial charge in [-0.05, 0) is 43.2 Å². The maximum atomic E-state index is 13.6. The highest BCUT2D eigenvalue weighted by Crippen LogP contribution is 2.34. The van der Waals surface area contributed by atoms with Gasteiger partial charge in [0.25, 0.3) is 11.6 Å². The number of nitro groups is 1. The number of benzene rings is 2. The summed E-state index contributed by atoms with van der Waals surface area (Å²) in [5.41, 5.74) is 2.01. The van der Waals surface area contributed by atoms with Crippen molar-refractivity contribution in [3.63, 3.8) is 0 Å². The predicted octanol–water partition coefficient (Wildman–Crippen LogP) is 5.66. The maximum Gasteiger partial charge on any atom is 0.270 e. The molecule has 10 heteroatoms. The van der Waals surface area contributed by atoms with Crippen LogP contribution in [0.3, 0.4) is 0 Å². The topological polar surface area (TPSA) is 94.2 Å². The molecule has 5 aromatic rings. The summed E-state index contributed by atoms with van der Waals surface area (Å²) in [5.74, 6) is -0.153. The Morgan fingerprint density at radius 2 is 2.03 bits per heavy atom. The molecule has 3 aromatic heterocycles. The Labute approximate surface area is 196 Å². The zero-order valence-corrected chi connectivity index (χ0v) is 19.3. The van der Waals surface area contributed by atoms with Gasteiger partial charge >= 0.3 is 0 Å². The molecule has 0 unspecified atom stereocenters. The standard InChI is InChI=1S/C23H19N5O3S2/c1-15-3-5-18-20(11-15)33-23(25-18)27(9-2-8-26-10-7-24-14-26)22(29)21-13-16-12-17(28(30)31)4-6-19(16)32-21/h3-7,10-14H,2,8-9H2,1H3. The molecule has 1 amide bonds. The van der Waals surface area contributed by atoms with Crippen LogP contribution < -0.4 is 4.90 Å². The number of thiazole rings is 1. The summed E-state index contributed by atoms with van der Waals surface area (Å²) in [6.45, 7) is 3.25. The molecule has 0 aliphatic rings. The van der Waals surface area contributed by atoms with Crippen LogP contribution in [0.1, 0.15) is 21.7 Å². The maximum absolute atomic E-state index is 13.6. The minimum Gasteiger partial charge on any atom is -0.337 e. The fourth-order valence-electron chi connectivity index (χ4n) is 3.63. The number of thiophene rings is 1. The van der Waals surface area contributed by atoms with Crippen LogP contribution in [-0.4, -0.2) is 31.9 Å². The summed E-state index contributed by atoms with van der Waals surface area (Å²) in [7, 11) is 0. The van der Waals surface area contributed by atoms with Gasteiger partial charge in [0.05, 0.1) is 26.3 Å². The van der Waals surface area contributed by atoms with E-state index in [0.717, 1.165) is 33.4 Å². The van der Waals surface area contributed by atoms with Crippen LogP contribution in [0.15, 0.2) is 61.2 Å². The Hall–Kier alpha value is -3.63. The number of rotatable bonds is 7. The molecule has 8 nitrogen and oxygen atoms in total. The van der Waals surface area contributed by atoms with E-state index in [2.05, 4.69) is 11.1 Å². The third-order valence-corrected chi connectivity index (χ3v) is 7.43. The number of anilines is 1. The van der Waals surface area contributed by atoms with Crippen molar-refractivity contribution in [2.24, 2.45) is 0 Å². The molecule has 0 aliphatic carbocycles. The Morgan fingerprint density at radius 3 is 2.82 bits per heavy atom. The number of aromatic nitrogens is 3. The van der Waals surface area contributed by atoms with Crippen molar-refractivity contribution < 1.29 is 9.72 Å². The average Bonchev–Trinajstić information content (AvgIpc) is 3.54. The first kappa shape index (κ1) is 21.2. The molecule has 0 bridgehead atoms. The molecule has 0 radical (unpaired) electrons. The summed E-state index contributed by atoms with van der Waals surface area (Å²) in [6.07, 6.45) is 6.11. The number of imidazole rings is 1. The minimum atomic E-state index is -0.426. The number of hydrogen-bond donors (Lipinski definition) is 0. The smallest absolute Gasteiger partial charge is 0.270 e. The first-order valence-electron chi connectivity index (χ1n) is 10.3. The van der Waals surface area contributed by atoms with E-state index < -0.39 is 4.92 Å². The number of amides is 1. The SMILES string of the molecule is Cc1ccc2nc(N(CCCn3ccnc3)C(=O)c3cc4cc([N+](=O)[O-])ccc4s3)sc2c1. The quantitative estimate of drug-likeness (QED) is 0.223. The largest absolute Gasteiger partial charge is 0.337 e. The van der Waals surface area contributed by atoms with E-state index in [1.807, 2.05) is 29.8 Å². The van der Waals surface area contributed by atoms with Crippen LogP contribution in [0.2, 0.25) is 0 Å². The number of carbonyl (C=O) groups excluding carboxylic acids is 1. The van der Waals surface area contributed by atoms with Crippen molar-refractivity contribution in [3.8, 4) is 0 Å². The molecule has 0 saturated carbocycles. The van der Waals surface area contributed by atoms with E-state index in [4.69, 9.17) is 4.98 Å². The molecule has 0 atom stereocenters. The van der Waals surface area contributed by atoms with Crippen molar-refractivity contribution >= 4 is 59.7 Å². The van der Waals surface area contributed by atoms with Crippen molar-refractivity contribution in [1.82, 2.24) is 14.5 Å². The highest BCUT2D eigenvalue weighted by Gasteiger charge is 2.23. The fourth-order valence-corrected chi connectivity index (χ4v) is 5.71. The lowest BCUT2D eigenvalue weighted by Crippen LogP contribution is -2.31. The molecule has 2 aromatic carbocycles. The van der Waals surface area contributed by atoms with E-state index in [1.165, 1.54) is 34.8 Å². The number of nitrogens with zero attached hydrogens (tertiary/aromatic N) is 5. The van der Waals surface area contributed by atoms with Crippen LogP contribution in [-0.2, 0) is 6.54 Å². The highest BCUT2D eigenvalue weighted by atomic mass is 32.1. The zero-order valence-electron chi connectivity index (χ0n) is 17.7. The highest BCUT2D eigenvalue weighted by molar-refractivity contribution is 7.23. The number of non-ortho nitro benzene ring substituents is 1. The van der Waals surface area contributed by atoms with Crippen LogP contribution in [0.5, 0.6) is 0 Å². The van der Waals surface area contributed by atoms with Crippen molar-refractivity contribution in [2.45, 2.75) is 19.9 Å². The molecule has 0 spiro atoms. The van der Waals surface area contributed by atoms with E-state index in [0.29, 0.717) is 21.9 Å². The Morgan fingerprint density at radius 1 is 1.15 bits per heavy atom. The first-order valence-corrected chi connectivity index (χ1v) is 11.9. The van der Waals surface area contributed by atoms with Gasteiger partial charge in [-0.15, -0.1) is 11.3 Å². The Balaban J connectivity index is 1.48. The average molecular weight is 478 g/mol. The third kappa shape index (κ3) is 4.35.